The number of carbonyl (C=O) groups excluding carboxylic acids is 1. The number of aromatic nitrogens is 1. The lowest BCUT2D eigenvalue weighted by atomic mass is 9.99. The van der Waals surface area contributed by atoms with E-state index in [2.05, 4.69) is 30.7 Å². The lowest BCUT2D eigenvalue weighted by Crippen LogP contribution is -2.14. The molecule has 1 saturated heterocycles. The van der Waals surface area contributed by atoms with Crippen LogP contribution >= 0.6 is 0 Å². The molecule has 0 atom stereocenters. The van der Waals surface area contributed by atoms with Gasteiger partial charge in [-0.1, -0.05) is 33.8 Å². The minimum atomic E-state index is -0.470. The van der Waals surface area contributed by atoms with E-state index in [1.165, 1.54) is 25.9 Å². The largest absolute Gasteiger partial charge is 0.364 e. The Balaban J connectivity index is 0. The molecule has 4 nitrogen and oxygen atoms in total. The summed E-state index contributed by atoms with van der Waals surface area (Å²) in [5, 5.41) is 3.22. The fraction of sp³-hybridized carbons (Fsp3) is 0.579. The number of carbonyl (C=O) groups is 1. The first kappa shape index (κ1) is 23.6. The third kappa shape index (κ3) is 11.5. The van der Waals surface area contributed by atoms with Crippen molar-refractivity contribution in [2.24, 2.45) is 5.73 Å². The highest BCUT2D eigenvalue weighted by atomic mass is 16.1. The number of primary amides is 1. The zero-order chi connectivity index (χ0) is 18.3. The van der Waals surface area contributed by atoms with Crippen LogP contribution in [0.15, 0.2) is 24.9 Å². The number of aryl methyl sites for hydroxylation is 1. The number of nitrogens with one attached hydrogen (secondary N) is 1. The van der Waals surface area contributed by atoms with Crippen LogP contribution in [0.5, 0.6) is 0 Å². The summed E-state index contributed by atoms with van der Waals surface area (Å²) in [7, 11) is 0. The number of hydrogen-bond acceptors (Lipinski definition) is 3. The summed E-state index contributed by atoms with van der Waals surface area (Å²) in [6.45, 7) is 17.9. The summed E-state index contributed by atoms with van der Waals surface area (Å²) in [5.41, 5.74) is 7.70. The second-order valence-corrected chi connectivity index (χ2v) is 5.31. The first-order valence-electron chi connectivity index (χ1n) is 8.48. The number of hydrogen-bond donors (Lipinski definition) is 2. The van der Waals surface area contributed by atoms with Crippen molar-refractivity contribution in [3.8, 4) is 0 Å². The molecule has 0 aromatic carbocycles. The molecule has 0 saturated carbocycles. The van der Waals surface area contributed by atoms with Crippen molar-refractivity contribution in [3.05, 3.63) is 41.7 Å². The van der Waals surface area contributed by atoms with Crippen LogP contribution in [-0.2, 0) is 0 Å². The zero-order valence-corrected chi connectivity index (χ0v) is 15.8. The van der Waals surface area contributed by atoms with Crippen LogP contribution in [0.4, 0.5) is 0 Å². The van der Waals surface area contributed by atoms with Gasteiger partial charge in [0, 0.05) is 6.20 Å². The van der Waals surface area contributed by atoms with E-state index in [1.807, 2.05) is 27.7 Å². The highest BCUT2D eigenvalue weighted by molar-refractivity contribution is 5.90. The molecule has 1 aromatic heterocycles. The van der Waals surface area contributed by atoms with E-state index < -0.39 is 5.91 Å². The van der Waals surface area contributed by atoms with Gasteiger partial charge in [0.25, 0.3) is 5.91 Å². The van der Waals surface area contributed by atoms with Crippen LogP contribution in [0.2, 0.25) is 0 Å². The van der Waals surface area contributed by atoms with E-state index in [4.69, 9.17) is 5.73 Å². The van der Waals surface area contributed by atoms with Crippen molar-refractivity contribution >= 4 is 5.91 Å². The molecule has 0 bridgehead atoms. The number of nitrogens with zero attached hydrogens (tertiary/aromatic N) is 1. The van der Waals surface area contributed by atoms with Crippen molar-refractivity contribution in [1.29, 1.82) is 0 Å². The monoisotopic (exact) mass is 321 g/mol. The standard InChI is InChI=1S/C10H14N2O.C4H9N.C3H6.C2H6/c1-6(2)8-4-9(10(11)13)12-5-7(8)3;1-2-4-5-3-1;1-3-2;1-2/h4-6H,1-3H3,(H2,11,13);5H,1-4H2;3H,1H2,2H3;1-2H3. The van der Waals surface area contributed by atoms with Gasteiger partial charge in [-0.25, -0.2) is 0 Å². The minimum absolute atomic E-state index is 0.342. The third-order valence-electron chi connectivity index (χ3n) is 2.98. The van der Waals surface area contributed by atoms with Gasteiger partial charge in [0.2, 0.25) is 0 Å². The Morgan fingerprint density at radius 3 is 2.13 bits per heavy atom. The number of rotatable bonds is 2. The summed E-state index contributed by atoms with van der Waals surface area (Å²) in [6, 6.07) is 1.77. The predicted molar refractivity (Wildman–Crippen MR) is 101 cm³/mol. The number of amides is 1. The molecule has 1 amide bonds. The van der Waals surface area contributed by atoms with Crippen LogP contribution in [-0.4, -0.2) is 24.0 Å². The average molecular weight is 322 g/mol. The van der Waals surface area contributed by atoms with Gasteiger partial charge in [-0.15, -0.1) is 6.58 Å². The smallest absolute Gasteiger partial charge is 0.267 e. The SMILES string of the molecule is C1CCNC1.C=CC.CC.Cc1cnc(C(N)=O)cc1C(C)C. The molecule has 2 rings (SSSR count). The molecule has 4 heteroatoms. The average Bonchev–Trinajstić information content (AvgIpc) is 3.09. The van der Waals surface area contributed by atoms with Crippen LogP contribution in [0.25, 0.3) is 0 Å². The molecule has 0 aliphatic carbocycles. The molecular formula is C19H35N3O. The number of nitrogens with two attached hydrogens (primary N) is 1. The zero-order valence-electron chi connectivity index (χ0n) is 15.8. The highest BCUT2D eigenvalue weighted by Crippen LogP contribution is 2.18. The van der Waals surface area contributed by atoms with Crippen LogP contribution < -0.4 is 11.1 Å². The van der Waals surface area contributed by atoms with E-state index in [9.17, 15) is 4.79 Å². The van der Waals surface area contributed by atoms with Crippen LogP contribution in [0.3, 0.4) is 0 Å². The summed E-state index contributed by atoms with van der Waals surface area (Å²) in [5.74, 6) is -0.0806. The van der Waals surface area contributed by atoms with E-state index in [-0.39, 0.29) is 0 Å². The summed E-state index contributed by atoms with van der Waals surface area (Å²) < 4.78 is 0. The van der Waals surface area contributed by atoms with E-state index in [1.54, 1.807) is 18.3 Å². The minimum Gasteiger partial charge on any atom is -0.364 e. The van der Waals surface area contributed by atoms with E-state index >= 15 is 0 Å². The highest BCUT2D eigenvalue weighted by Gasteiger charge is 2.08. The van der Waals surface area contributed by atoms with Gasteiger partial charge in [0.1, 0.15) is 5.69 Å². The van der Waals surface area contributed by atoms with Crippen molar-refractivity contribution < 1.29 is 4.79 Å². The predicted octanol–water partition coefficient (Wildman–Crippen LogP) is 4.20. The molecule has 0 radical (unpaired) electrons. The Hall–Kier alpha value is -1.68. The molecule has 1 fully saturated rings. The number of allylic oxidation sites excluding steroid dienone is 1. The van der Waals surface area contributed by atoms with Crippen molar-refractivity contribution in [2.45, 2.75) is 60.3 Å². The quantitative estimate of drug-likeness (QED) is 0.802. The summed E-state index contributed by atoms with van der Waals surface area (Å²) >= 11 is 0. The van der Waals surface area contributed by atoms with Gasteiger partial charge in [-0.05, 0) is 62.9 Å². The maximum atomic E-state index is 10.8. The fourth-order valence-corrected chi connectivity index (χ4v) is 1.92. The topological polar surface area (TPSA) is 68.0 Å². The van der Waals surface area contributed by atoms with Gasteiger partial charge < -0.3 is 11.1 Å². The Morgan fingerprint density at radius 1 is 1.35 bits per heavy atom. The molecule has 2 heterocycles. The second kappa shape index (κ2) is 15.2. The number of pyridine rings is 1. The first-order chi connectivity index (χ1) is 10.9. The normalized spacial score (nSPS) is 12.0. The molecule has 132 valence electrons. The van der Waals surface area contributed by atoms with Crippen molar-refractivity contribution in [3.63, 3.8) is 0 Å². The van der Waals surface area contributed by atoms with Crippen molar-refractivity contribution in [2.75, 3.05) is 13.1 Å². The van der Waals surface area contributed by atoms with Crippen LogP contribution in [0.1, 0.15) is 75.0 Å². The molecule has 3 N–H and O–H groups in total. The second-order valence-electron chi connectivity index (χ2n) is 5.31. The Bertz CT molecular complexity index is 431. The molecule has 1 aliphatic rings. The lowest BCUT2D eigenvalue weighted by Gasteiger charge is -2.09. The lowest BCUT2D eigenvalue weighted by molar-refractivity contribution is 0.0995. The third-order valence-corrected chi connectivity index (χ3v) is 2.98. The fourth-order valence-electron chi connectivity index (χ4n) is 1.92. The Labute approximate surface area is 142 Å². The molecule has 1 aromatic rings. The molecule has 1 aliphatic heterocycles. The van der Waals surface area contributed by atoms with Gasteiger partial charge in [0.05, 0.1) is 0 Å². The van der Waals surface area contributed by atoms with E-state index in [0.717, 1.165) is 11.1 Å². The molecular weight excluding hydrogens is 286 g/mol. The Morgan fingerprint density at radius 2 is 1.83 bits per heavy atom. The van der Waals surface area contributed by atoms with Gasteiger partial charge in [-0.2, -0.15) is 0 Å². The molecule has 0 unspecified atom stereocenters. The maximum absolute atomic E-state index is 10.8. The van der Waals surface area contributed by atoms with E-state index in [0.29, 0.717) is 11.6 Å². The Kier molecular flexibility index (Phi) is 15.6. The molecule has 0 spiro atoms. The van der Waals surface area contributed by atoms with Gasteiger partial charge in [-0.3, -0.25) is 9.78 Å². The van der Waals surface area contributed by atoms with Crippen molar-refractivity contribution in [1.82, 2.24) is 10.3 Å². The van der Waals surface area contributed by atoms with Crippen LogP contribution in [0, 0.1) is 6.92 Å². The van der Waals surface area contributed by atoms with Gasteiger partial charge in [0.15, 0.2) is 0 Å². The van der Waals surface area contributed by atoms with Gasteiger partial charge >= 0.3 is 0 Å². The maximum Gasteiger partial charge on any atom is 0.267 e. The first-order valence-corrected chi connectivity index (χ1v) is 8.48. The summed E-state index contributed by atoms with van der Waals surface area (Å²) in [6.07, 6.45) is 6.22. The summed E-state index contributed by atoms with van der Waals surface area (Å²) in [4.78, 5) is 14.8. The molecule has 23 heavy (non-hydrogen) atoms.